The standard InChI is InChI=1S/C16H25NO/c1-6-12(7-2)15(18)17-14-10-8-13(9-11-14)16(3,4)5/h8-12H,6-7H2,1-5H3,(H,17,18). The summed E-state index contributed by atoms with van der Waals surface area (Å²) in [5.74, 6) is 0.246. The van der Waals surface area contributed by atoms with E-state index >= 15 is 0 Å². The number of benzene rings is 1. The summed E-state index contributed by atoms with van der Waals surface area (Å²) in [6, 6.07) is 8.15. The lowest BCUT2D eigenvalue weighted by atomic mass is 9.87. The highest BCUT2D eigenvalue weighted by Crippen LogP contribution is 2.23. The fourth-order valence-electron chi connectivity index (χ4n) is 1.96. The largest absolute Gasteiger partial charge is 0.326 e. The summed E-state index contributed by atoms with van der Waals surface area (Å²) >= 11 is 0. The van der Waals surface area contributed by atoms with Gasteiger partial charge in [0.15, 0.2) is 0 Å². The van der Waals surface area contributed by atoms with Gasteiger partial charge in [-0.05, 0) is 36.0 Å². The van der Waals surface area contributed by atoms with Gasteiger partial charge in [0.25, 0.3) is 0 Å². The zero-order chi connectivity index (χ0) is 13.8. The monoisotopic (exact) mass is 247 g/mol. The zero-order valence-electron chi connectivity index (χ0n) is 12.2. The summed E-state index contributed by atoms with van der Waals surface area (Å²) in [7, 11) is 0. The molecule has 0 spiro atoms. The Labute approximate surface area is 111 Å². The maximum atomic E-state index is 11.9. The van der Waals surface area contributed by atoms with Crippen LogP contribution >= 0.6 is 0 Å². The Balaban J connectivity index is 2.72. The van der Waals surface area contributed by atoms with Gasteiger partial charge in [0, 0.05) is 11.6 Å². The van der Waals surface area contributed by atoms with Crippen molar-refractivity contribution >= 4 is 11.6 Å². The van der Waals surface area contributed by atoms with E-state index in [0.717, 1.165) is 18.5 Å². The van der Waals surface area contributed by atoms with E-state index in [1.807, 2.05) is 12.1 Å². The minimum absolute atomic E-state index is 0.118. The second kappa shape index (κ2) is 6.03. The number of anilines is 1. The molecule has 0 saturated carbocycles. The van der Waals surface area contributed by atoms with Gasteiger partial charge in [-0.1, -0.05) is 46.8 Å². The van der Waals surface area contributed by atoms with Crippen molar-refractivity contribution < 1.29 is 4.79 Å². The normalized spacial score (nSPS) is 11.7. The van der Waals surface area contributed by atoms with Gasteiger partial charge in [0.1, 0.15) is 0 Å². The fourth-order valence-corrected chi connectivity index (χ4v) is 1.96. The molecule has 18 heavy (non-hydrogen) atoms. The minimum atomic E-state index is 0.118. The van der Waals surface area contributed by atoms with Crippen molar-refractivity contribution in [1.29, 1.82) is 0 Å². The van der Waals surface area contributed by atoms with Crippen LogP contribution in [0.2, 0.25) is 0 Å². The molecule has 0 unspecified atom stereocenters. The van der Waals surface area contributed by atoms with Crippen molar-refractivity contribution in [1.82, 2.24) is 0 Å². The minimum Gasteiger partial charge on any atom is -0.326 e. The summed E-state index contributed by atoms with van der Waals surface area (Å²) in [5.41, 5.74) is 2.32. The maximum Gasteiger partial charge on any atom is 0.227 e. The van der Waals surface area contributed by atoms with E-state index in [1.165, 1.54) is 5.56 Å². The first-order valence-electron chi connectivity index (χ1n) is 6.79. The highest BCUT2D eigenvalue weighted by Gasteiger charge is 2.15. The van der Waals surface area contributed by atoms with Crippen LogP contribution in [0.3, 0.4) is 0 Å². The van der Waals surface area contributed by atoms with E-state index in [0.29, 0.717) is 0 Å². The number of rotatable bonds is 4. The van der Waals surface area contributed by atoms with Crippen LogP contribution in [0.4, 0.5) is 5.69 Å². The van der Waals surface area contributed by atoms with Crippen LogP contribution in [0.5, 0.6) is 0 Å². The molecule has 1 amide bonds. The van der Waals surface area contributed by atoms with Crippen molar-refractivity contribution in [3.05, 3.63) is 29.8 Å². The Morgan fingerprint density at radius 1 is 1.11 bits per heavy atom. The first-order valence-corrected chi connectivity index (χ1v) is 6.79. The third-order valence-corrected chi connectivity index (χ3v) is 3.37. The number of hydrogen-bond donors (Lipinski definition) is 1. The molecule has 2 heteroatoms. The molecule has 0 saturated heterocycles. The first kappa shape index (κ1) is 14.7. The van der Waals surface area contributed by atoms with Crippen molar-refractivity contribution in [2.75, 3.05) is 5.32 Å². The van der Waals surface area contributed by atoms with Gasteiger partial charge in [0.05, 0.1) is 0 Å². The van der Waals surface area contributed by atoms with Gasteiger partial charge in [-0.25, -0.2) is 0 Å². The second-order valence-electron chi connectivity index (χ2n) is 5.83. The molecule has 100 valence electrons. The van der Waals surface area contributed by atoms with Crippen LogP contribution in [-0.2, 0) is 10.2 Å². The molecule has 0 fully saturated rings. The number of amides is 1. The average molecular weight is 247 g/mol. The van der Waals surface area contributed by atoms with Crippen LogP contribution in [0.1, 0.15) is 53.0 Å². The van der Waals surface area contributed by atoms with E-state index in [-0.39, 0.29) is 17.2 Å². The van der Waals surface area contributed by atoms with E-state index in [9.17, 15) is 4.79 Å². The molecule has 1 aromatic carbocycles. The molecular weight excluding hydrogens is 222 g/mol. The molecule has 0 radical (unpaired) electrons. The van der Waals surface area contributed by atoms with Gasteiger partial charge >= 0.3 is 0 Å². The van der Waals surface area contributed by atoms with Crippen LogP contribution in [0.15, 0.2) is 24.3 Å². The van der Waals surface area contributed by atoms with E-state index in [4.69, 9.17) is 0 Å². The molecule has 0 aromatic heterocycles. The molecule has 1 N–H and O–H groups in total. The third-order valence-electron chi connectivity index (χ3n) is 3.37. The predicted octanol–water partition coefficient (Wildman–Crippen LogP) is 4.36. The summed E-state index contributed by atoms with van der Waals surface area (Å²) < 4.78 is 0. The van der Waals surface area contributed by atoms with Crippen molar-refractivity contribution in [2.24, 2.45) is 5.92 Å². The zero-order valence-corrected chi connectivity index (χ0v) is 12.2. The first-order chi connectivity index (χ1) is 8.38. The summed E-state index contributed by atoms with van der Waals surface area (Å²) in [6.45, 7) is 10.7. The van der Waals surface area contributed by atoms with Crippen LogP contribution < -0.4 is 5.32 Å². The average Bonchev–Trinajstić information content (AvgIpc) is 2.30. The molecule has 0 aliphatic carbocycles. The van der Waals surface area contributed by atoms with Crippen molar-refractivity contribution in [3.63, 3.8) is 0 Å². The Morgan fingerprint density at radius 3 is 2.00 bits per heavy atom. The Hall–Kier alpha value is -1.31. The topological polar surface area (TPSA) is 29.1 Å². The summed E-state index contributed by atoms with van der Waals surface area (Å²) in [6.07, 6.45) is 1.78. The highest BCUT2D eigenvalue weighted by molar-refractivity contribution is 5.92. The lowest BCUT2D eigenvalue weighted by Gasteiger charge is -2.19. The predicted molar refractivity (Wildman–Crippen MR) is 77.8 cm³/mol. The molecule has 1 rings (SSSR count). The van der Waals surface area contributed by atoms with Crippen LogP contribution in [-0.4, -0.2) is 5.91 Å². The lowest BCUT2D eigenvalue weighted by Crippen LogP contribution is -2.21. The quantitative estimate of drug-likeness (QED) is 0.841. The fraction of sp³-hybridized carbons (Fsp3) is 0.562. The smallest absolute Gasteiger partial charge is 0.227 e. The molecule has 1 aromatic rings. The summed E-state index contributed by atoms with van der Waals surface area (Å²) in [4.78, 5) is 11.9. The SMILES string of the molecule is CCC(CC)C(=O)Nc1ccc(C(C)(C)C)cc1. The molecule has 0 atom stereocenters. The van der Waals surface area contributed by atoms with Gasteiger partial charge < -0.3 is 5.32 Å². The highest BCUT2D eigenvalue weighted by atomic mass is 16.1. The molecule has 0 heterocycles. The maximum absolute atomic E-state index is 11.9. The van der Waals surface area contributed by atoms with Gasteiger partial charge in [-0.2, -0.15) is 0 Å². The number of nitrogens with one attached hydrogen (secondary N) is 1. The van der Waals surface area contributed by atoms with Crippen LogP contribution in [0.25, 0.3) is 0 Å². The van der Waals surface area contributed by atoms with E-state index in [1.54, 1.807) is 0 Å². The molecule has 0 aliphatic heterocycles. The second-order valence-corrected chi connectivity index (χ2v) is 5.83. The van der Waals surface area contributed by atoms with Gasteiger partial charge in [-0.3, -0.25) is 4.79 Å². The summed E-state index contributed by atoms with van der Waals surface area (Å²) in [5, 5.41) is 2.98. The Kier molecular flexibility index (Phi) is 4.94. The van der Waals surface area contributed by atoms with Crippen molar-refractivity contribution in [3.8, 4) is 0 Å². The number of carbonyl (C=O) groups excluding carboxylic acids is 1. The Bertz CT molecular complexity index is 383. The Morgan fingerprint density at radius 2 is 1.61 bits per heavy atom. The number of hydrogen-bond acceptors (Lipinski definition) is 1. The molecule has 2 nitrogen and oxygen atoms in total. The molecule has 0 bridgehead atoms. The van der Waals surface area contributed by atoms with Gasteiger partial charge in [0.2, 0.25) is 5.91 Å². The third kappa shape index (κ3) is 3.86. The van der Waals surface area contributed by atoms with Gasteiger partial charge in [-0.15, -0.1) is 0 Å². The van der Waals surface area contributed by atoms with Crippen molar-refractivity contribution in [2.45, 2.75) is 52.9 Å². The van der Waals surface area contributed by atoms with E-state index < -0.39 is 0 Å². The van der Waals surface area contributed by atoms with E-state index in [2.05, 4.69) is 52.1 Å². The molecule has 0 aliphatic rings. The molecular formula is C16H25NO. The number of carbonyl (C=O) groups is 1. The van der Waals surface area contributed by atoms with Crippen LogP contribution in [0, 0.1) is 5.92 Å². The lowest BCUT2D eigenvalue weighted by molar-refractivity contribution is -0.120.